The highest BCUT2D eigenvalue weighted by Gasteiger charge is 2.11. The molecule has 7 heteroatoms. The van der Waals surface area contributed by atoms with Crippen molar-refractivity contribution in [2.24, 2.45) is 0 Å². The van der Waals surface area contributed by atoms with Crippen LogP contribution in [0.4, 0.5) is 4.39 Å². The first kappa shape index (κ1) is 22.9. The fourth-order valence-electron chi connectivity index (χ4n) is 3.13. The molecule has 0 saturated heterocycles. The van der Waals surface area contributed by atoms with Crippen LogP contribution in [-0.4, -0.2) is 43.0 Å². The van der Waals surface area contributed by atoms with E-state index in [-0.39, 0.29) is 18.1 Å². The minimum absolute atomic E-state index is 0.0197. The van der Waals surface area contributed by atoms with Crippen molar-refractivity contribution >= 4 is 5.91 Å². The minimum Gasteiger partial charge on any atom is -0.489 e. The molecule has 1 aromatic heterocycles. The van der Waals surface area contributed by atoms with Gasteiger partial charge in [-0.05, 0) is 68.5 Å². The third kappa shape index (κ3) is 5.90. The normalized spacial score (nSPS) is 10.6. The summed E-state index contributed by atoms with van der Waals surface area (Å²) in [6, 6.07) is 15.3. The molecule has 164 valence electrons. The highest BCUT2D eigenvalue weighted by molar-refractivity contribution is 5.96. The number of benzene rings is 2. The number of hydrogen-bond donors (Lipinski definition) is 1. The molecular weight excluding hydrogens is 407 g/mol. The molecule has 0 fully saturated rings. The number of aryl methyl sites for hydroxylation is 1. The summed E-state index contributed by atoms with van der Waals surface area (Å²) in [5.41, 5.74) is 3.98. The average molecular weight is 432 g/mol. The van der Waals surface area contributed by atoms with Crippen molar-refractivity contribution in [1.29, 1.82) is 5.26 Å². The molecule has 2 aromatic carbocycles. The molecule has 0 unspecified atom stereocenters. The Bertz CT molecular complexity index is 1150. The van der Waals surface area contributed by atoms with Gasteiger partial charge in [0.15, 0.2) is 0 Å². The van der Waals surface area contributed by atoms with Crippen molar-refractivity contribution in [1.82, 2.24) is 15.2 Å². The maximum atomic E-state index is 13.7. The van der Waals surface area contributed by atoms with Crippen LogP contribution in [0.2, 0.25) is 0 Å². The molecule has 32 heavy (non-hydrogen) atoms. The summed E-state index contributed by atoms with van der Waals surface area (Å²) in [4.78, 5) is 18.9. The number of hydrogen-bond acceptors (Lipinski definition) is 5. The second kappa shape index (κ2) is 10.5. The smallest absolute Gasteiger partial charge is 0.251 e. The van der Waals surface area contributed by atoms with Gasteiger partial charge in [-0.2, -0.15) is 5.26 Å². The van der Waals surface area contributed by atoms with Crippen molar-refractivity contribution < 1.29 is 13.9 Å². The van der Waals surface area contributed by atoms with Crippen LogP contribution in [0.5, 0.6) is 5.75 Å². The number of aromatic nitrogens is 1. The van der Waals surface area contributed by atoms with Crippen LogP contribution in [0.1, 0.15) is 27.0 Å². The first-order valence-electron chi connectivity index (χ1n) is 10.2. The number of nitrogens with zero attached hydrogens (tertiary/aromatic N) is 3. The van der Waals surface area contributed by atoms with Crippen LogP contribution in [0, 0.1) is 24.1 Å². The monoisotopic (exact) mass is 432 g/mol. The van der Waals surface area contributed by atoms with Gasteiger partial charge in [0.05, 0.1) is 11.3 Å². The van der Waals surface area contributed by atoms with Gasteiger partial charge < -0.3 is 15.0 Å². The highest BCUT2D eigenvalue weighted by Crippen LogP contribution is 2.23. The molecular formula is C25H25FN4O2. The number of halogens is 1. The zero-order valence-electron chi connectivity index (χ0n) is 18.4. The van der Waals surface area contributed by atoms with Crippen LogP contribution in [0.15, 0.2) is 54.7 Å². The Labute approximate surface area is 187 Å². The minimum atomic E-state index is -0.610. The lowest BCUT2D eigenvalue weighted by Crippen LogP contribution is -2.31. The Morgan fingerprint density at radius 1 is 1.19 bits per heavy atom. The summed E-state index contributed by atoms with van der Waals surface area (Å²) >= 11 is 0. The van der Waals surface area contributed by atoms with Crippen LogP contribution < -0.4 is 10.1 Å². The molecule has 0 saturated carbocycles. The molecule has 0 atom stereocenters. The lowest BCUT2D eigenvalue weighted by atomic mass is 10.0. The Morgan fingerprint density at radius 3 is 2.69 bits per heavy atom. The molecule has 1 amide bonds. The number of amides is 1. The van der Waals surface area contributed by atoms with Crippen LogP contribution in [-0.2, 0) is 6.61 Å². The SMILES string of the molecule is Cc1cc(-c2cc(COc3ccc(C#N)c(F)c3)ccn2)ccc1C(=O)NCCN(C)C. The second-order valence-electron chi connectivity index (χ2n) is 7.68. The lowest BCUT2D eigenvalue weighted by Gasteiger charge is -2.12. The number of nitriles is 1. The van der Waals surface area contributed by atoms with E-state index in [0.29, 0.717) is 17.9 Å². The van der Waals surface area contributed by atoms with E-state index in [9.17, 15) is 9.18 Å². The van der Waals surface area contributed by atoms with E-state index in [1.54, 1.807) is 24.4 Å². The Kier molecular flexibility index (Phi) is 7.53. The topological polar surface area (TPSA) is 78.2 Å². The number of likely N-dealkylation sites (N-methyl/N-ethyl adjacent to an activating group) is 1. The van der Waals surface area contributed by atoms with E-state index in [0.717, 1.165) is 28.9 Å². The molecule has 0 radical (unpaired) electrons. The van der Waals surface area contributed by atoms with Crippen molar-refractivity contribution in [3.8, 4) is 23.1 Å². The molecule has 0 aliphatic carbocycles. The largest absolute Gasteiger partial charge is 0.489 e. The van der Waals surface area contributed by atoms with Gasteiger partial charge in [0.2, 0.25) is 0 Å². The summed E-state index contributed by atoms with van der Waals surface area (Å²) in [5, 5.41) is 11.7. The number of nitrogens with one attached hydrogen (secondary N) is 1. The van der Waals surface area contributed by atoms with Crippen molar-refractivity contribution in [3.63, 3.8) is 0 Å². The summed E-state index contributed by atoms with van der Waals surface area (Å²) in [6.07, 6.45) is 1.69. The van der Waals surface area contributed by atoms with Gasteiger partial charge >= 0.3 is 0 Å². The third-order valence-electron chi connectivity index (χ3n) is 4.90. The summed E-state index contributed by atoms with van der Waals surface area (Å²) in [7, 11) is 3.92. The molecule has 0 aliphatic rings. The van der Waals surface area contributed by atoms with Gasteiger partial charge in [-0.25, -0.2) is 4.39 Å². The summed E-state index contributed by atoms with van der Waals surface area (Å²) < 4.78 is 19.4. The summed E-state index contributed by atoms with van der Waals surface area (Å²) in [5.74, 6) is -0.359. The van der Waals surface area contributed by atoms with E-state index in [4.69, 9.17) is 10.00 Å². The van der Waals surface area contributed by atoms with Gasteiger partial charge in [0, 0.05) is 36.5 Å². The number of ether oxygens (including phenoxy) is 1. The van der Waals surface area contributed by atoms with Crippen LogP contribution in [0.3, 0.4) is 0 Å². The molecule has 1 N–H and O–H groups in total. The number of rotatable bonds is 8. The molecule has 3 aromatic rings. The van der Waals surface area contributed by atoms with Crippen molar-refractivity contribution in [2.45, 2.75) is 13.5 Å². The molecule has 3 rings (SSSR count). The van der Waals surface area contributed by atoms with E-state index in [1.165, 1.54) is 12.1 Å². The van der Waals surface area contributed by atoms with Gasteiger partial charge in [0.25, 0.3) is 5.91 Å². The van der Waals surface area contributed by atoms with Gasteiger partial charge in [-0.15, -0.1) is 0 Å². The van der Waals surface area contributed by atoms with Crippen molar-refractivity contribution in [2.75, 3.05) is 27.2 Å². The Morgan fingerprint density at radius 2 is 2.00 bits per heavy atom. The highest BCUT2D eigenvalue weighted by atomic mass is 19.1. The average Bonchev–Trinajstić information content (AvgIpc) is 2.77. The van der Waals surface area contributed by atoms with E-state index < -0.39 is 5.82 Å². The van der Waals surface area contributed by atoms with E-state index in [2.05, 4.69) is 10.3 Å². The lowest BCUT2D eigenvalue weighted by molar-refractivity contribution is 0.0950. The molecule has 0 aliphatic heterocycles. The fraction of sp³-hybridized carbons (Fsp3) is 0.240. The van der Waals surface area contributed by atoms with Gasteiger partial charge in [0.1, 0.15) is 24.2 Å². The van der Waals surface area contributed by atoms with Gasteiger partial charge in [-0.3, -0.25) is 9.78 Å². The predicted octanol–water partition coefficient (Wildman–Crippen LogP) is 3.94. The zero-order valence-corrected chi connectivity index (χ0v) is 18.4. The predicted molar refractivity (Wildman–Crippen MR) is 121 cm³/mol. The molecule has 0 spiro atoms. The zero-order chi connectivity index (χ0) is 23.1. The first-order chi connectivity index (χ1) is 15.4. The first-order valence-corrected chi connectivity index (χ1v) is 10.2. The molecule has 0 bridgehead atoms. The van der Waals surface area contributed by atoms with Gasteiger partial charge in [-0.1, -0.05) is 6.07 Å². The fourth-order valence-corrected chi connectivity index (χ4v) is 3.13. The number of carbonyl (C=O) groups excluding carboxylic acids is 1. The quantitative estimate of drug-likeness (QED) is 0.583. The van der Waals surface area contributed by atoms with Crippen LogP contribution >= 0.6 is 0 Å². The molecule has 6 nitrogen and oxygen atoms in total. The maximum Gasteiger partial charge on any atom is 0.251 e. The van der Waals surface area contributed by atoms with E-state index >= 15 is 0 Å². The van der Waals surface area contributed by atoms with E-state index in [1.807, 2.05) is 50.2 Å². The standard InChI is InChI=1S/C25H25FN4O2/c1-17-12-19(5-7-22(17)25(31)29-10-11-30(2)3)24-13-18(8-9-28-24)16-32-21-6-4-20(15-27)23(26)14-21/h4-9,12-14H,10-11,16H2,1-3H3,(H,29,31). The molecule has 1 heterocycles. The summed E-state index contributed by atoms with van der Waals surface area (Å²) in [6.45, 7) is 3.49. The third-order valence-corrected chi connectivity index (χ3v) is 4.90. The maximum absolute atomic E-state index is 13.7. The Hall–Kier alpha value is -3.76. The van der Waals surface area contributed by atoms with Crippen LogP contribution in [0.25, 0.3) is 11.3 Å². The number of pyridine rings is 1. The Balaban J connectivity index is 1.69. The van der Waals surface area contributed by atoms with Crippen molar-refractivity contribution in [3.05, 3.63) is 82.8 Å². The number of carbonyl (C=O) groups is 1. The second-order valence-corrected chi connectivity index (χ2v) is 7.68.